The Balaban J connectivity index is 1.56. The molecule has 0 fully saturated rings. The van der Waals surface area contributed by atoms with E-state index in [9.17, 15) is 4.79 Å². The van der Waals surface area contributed by atoms with Crippen LogP contribution in [0.3, 0.4) is 0 Å². The van der Waals surface area contributed by atoms with Crippen LogP contribution >= 0.6 is 0 Å². The lowest BCUT2D eigenvalue weighted by atomic mass is 10.1. The summed E-state index contributed by atoms with van der Waals surface area (Å²) in [6.45, 7) is 3.73. The summed E-state index contributed by atoms with van der Waals surface area (Å²) < 4.78 is 0. The van der Waals surface area contributed by atoms with Gasteiger partial charge in [-0.15, -0.1) is 0 Å². The van der Waals surface area contributed by atoms with Gasteiger partial charge in [0.15, 0.2) is 0 Å². The van der Waals surface area contributed by atoms with Gasteiger partial charge in [0.2, 0.25) is 12.1 Å². The fourth-order valence-corrected chi connectivity index (χ4v) is 2.30. The van der Waals surface area contributed by atoms with Crippen LogP contribution in [0.1, 0.15) is 23.4 Å². The highest BCUT2D eigenvalue weighted by molar-refractivity contribution is 6.04. The number of amides is 1. The highest BCUT2D eigenvalue weighted by Gasteiger charge is 2.28. The first kappa shape index (κ1) is 15.0. The molecule has 1 atom stereocenters. The molecule has 1 aliphatic heterocycles. The molecule has 1 aromatic carbocycles. The Morgan fingerprint density at radius 3 is 2.57 bits per heavy atom. The summed E-state index contributed by atoms with van der Waals surface area (Å²) >= 11 is 0. The quantitative estimate of drug-likeness (QED) is 0.840. The van der Waals surface area contributed by atoms with Gasteiger partial charge in [0.05, 0.1) is 5.71 Å². The molecule has 7 heteroatoms. The van der Waals surface area contributed by atoms with Crippen LogP contribution in [0.15, 0.2) is 41.6 Å². The van der Waals surface area contributed by atoms with Crippen molar-refractivity contribution in [2.24, 2.45) is 5.16 Å². The molecule has 2 aromatic rings. The smallest absolute Gasteiger partial charge is 0.282 e. The molecular formula is C16H17N5O2. The van der Waals surface area contributed by atoms with Crippen molar-refractivity contribution in [2.45, 2.75) is 26.4 Å². The number of rotatable bonds is 4. The SMILES string of the molecule is Cc1cc(C)nc(NNC(=O)C2CC(c3ccccc3)=NO2)n1. The minimum atomic E-state index is -0.663. The summed E-state index contributed by atoms with van der Waals surface area (Å²) in [7, 11) is 0. The van der Waals surface area contributed by atoms with Gasteiger partial charge >= 0.3 is 0 Å². The third-order valence-electron chi connectivity index (χ3n) is 3.35. The van der Waals surface area contributed by atoms with E-state index < -0.39 is 6.10 Å². The zero-order valence-electron chi connectivity index (χ0n) is 12.9. The molecule has 0 saturated heterocycles. The van der Waals surface area contributed by atoms with Crippen LogP contribution in [0, 0.1) is 13.8 Å². The highest BCUT2D eigenvalue weighted by Crippen LogP contribution is 2.16. The van der Waals surface area contributed by atoms with Gasteiger partial charge in [0.1, 0.15) is 0 Å². The maximum atomic E-state index is 12.1. The molecular weight excluding hydrogens is 294 g/mol. The number of oxime groups is 1. The van der Waals surface area contributed by atoms with E-state index in [0.717, 1.165) is 22.7 Å². The zero-order valence-corrected chi connectivity index (χ0v) is 12.9. The normalized spacial score (nSPS) is 16.4. The molecule has 1 aliphatic rings. The second-order valence-corrected chi connectivity index (χ2v) is 5.29. The summed E-state index contributed by atoms with van der Waals surface area (Å²) in [6.07, 6.45) is -0.241. The van der Waals surface area contributed by atoms with Gasteiger partial charge < -0.3 is 4.84 Å². The van der Waals surface area contributed by atoms with E-state index in [2.05, 4.69) is 26.0 Å². The second kappa shape index (κ2) is 6.43. The fourth-order valence-electron chi connectivity index (χ4n) is 2.30. The Hall–Kier alpha value is -2.96. The third kappa shape index (κ3) is 3.63. The molecule has 7 nitrogen and oxygen atoms in total. The number of nitrogens with one attached hydrogen (secondary N) is 2. The van der Waals surface area contributed by atoms with Crippen molar-refractivity contribution in [2.75, 3.05) is 5.43 Å². The van der Waals surface area contributed by atoms with E-state index in [-0.39, 0.29) is 5.91 Å². The highest BCUT2D eigenvalue weighted by atomic mass is 16.6. The molecule has 1 amide bonds. The number of aromatic nitrogens is 2. The largest absolute Gasteiger partial charge is 0.382 e. The number of benzene rings is 1. The lowest BCUT2D eigenvalue weighted by molar-refractivity contribution is -0.130. The van der Waals surface area contributed by atoms with Crippen LogP contribution in [0.5, 0.6) is 0 Å². The molecule has 0 bridgehead atoms. The van der Waals surface area contributed by atoms with Gasteiger partial charge in [-0.25, -0.2) is 9.97 Å². The first-order valence-corrected chi connectivity index (χ1v) is 7.28. The van der Waals surface area contributed by atoms with Gasteiger partial charge in [-0.1, -0.05) is 35.5 Å². The van der Waals surface area contributed by atoms with Crippen LogP contribution in [-0.4, -0.2) is 27.7 Å². The van der Waals surface area contributed by atoms with Crippen molar-refractivity contribution in [3.8, 4) is 0 Å². The first-order chi connectivity index (χ1) is 11.1. The Kier molecular flexibility index (Phi) is 4.18. The van der Waals surface area contributed by atoms with Crippen LogP contribution in [0.25, 0.3) is 0 Å². The van der Waals surface area contributed by atoms with Crippen molar-refractivity contribution < 1.29 is 9.63 Å². The predicted octanol–water partition coefficient (Wildman–Crippen LogP) is 1.73. The van der Waals surface area contributed by atoms with Crippen LogP contribution in [0.2, 0.25) is 0 Å². The van der Waals surface area contributed by atoms with E-state index in [1.54, 1.807) is 0 Å². The number of hydrazine groups is 1. The zero-order chi connectivity index (χ0) is 16.2. The van der Waals surface area contributed by atoms with Crippen LogP contribution < -0.4 is 10.9 Å². The van der Waals surface area contributed by atoms with Gasteiger partial charge in [-0.2, -0.15) is 0 Å². The number of aryl methyl sites for hydroxylation is 2. The van der Waals surface area contributed by atoms with Crippen molar-refractivity contribution in [3.63, 3.8) is 0 Å². The van der Waals surface area contributed by atoms with Crippen molar-refractivity contribution >= 4 is 17.6 Å². The number of hydrogen-bond donors (Lipinski definition) is 2. The monoisotopic (exact) mass is 311 g/mol. The first-order valence-electron chi connectivity index (χ1n) is 7.28. The molecule has 0 aliphatic carbocycles. The Morgan fingerprint density at radius 1 is 1.17 bits per heavy atom. The van der Waals surface area contributed by atoms with E-state index in [0.29, 0.717) is 12.4 Å². The molecule has 1 aromatic heterocycles. The van der Waals surface area contributed by atoms with Gasteiger partial charge in [-0.3, -0.25) is 15.6 Å². The summed E-state index contributed by atoms with van der Waals surface area (Å²) in [4.78, 5) is 25.7. The summed E-state index contributed by atoms with van der Waals surface area (Å²) in [6, 6.07) is 11.5. The fraction of sp³-hybridized carbons (Fsp3) is 0.250. The maximum absolute atomic E-state index is 12.1. The number of hydrogen-bond acceptors (Lipinski definition) is 6. The van der Waals surface area contributed by atoms with E-state index >= 15 is 0 Å². The molecule has 0 saturated carbocycles. The molecule has 118 valence electrons. The van der Waals surface area contributed by atoms with Crippen molar-refractivity contribution in [3.05, 3.63) is 53.3 Å². The lowest BCUT2D eigenvalue weighted by Crippen LogP contribution is -2.39. The summed E-state index contributed by atoms with van der Waals surface area (Å²) in [5.74, 6) is 0.0282. The van der Waals surface area contributed by atoms with E-state index in [4.69, 9.17) is 4.84 Å². The van der Waals surface area contributed by atoms with E-state index in [1.807, 2.05) is 50.2 Å². The summed E-state index contributed by atoms with van der Waals surface area (Å²) in [5, 5.41) is 3.99. The predicted molar refractivity (Wildman–Crippen MR) is 85.7 cm³/mol. The molecule has 0 radical (unpaired) electrons. The molecule has 2 N–H and O–H groups in total. The maximum Gasteiger partial charge on any atom is 0.282 e. The average molecular weight is 311 g/mol. The molecule has 1 unspecified atom stereocenters. The molecule has 2 heterocycles. The molecule has 3 rings (SSSR count). The van der Waals surface area contributed by atoms with E-state index in [1.165, 1.54) is 0 Å². The Labute approximate surface area is 133 Å². The van der Waals surface area contributed by atoms with Crippen LogP contribution in [0.4, 0.5) is 5.95 Å². The van der Waals surface area contributed by atoms with Gasteiger partial charge in [-0.05, 0) is 25.5 Å². The summed E-state index contributed by atoms with van der Waals surface area (Å²) in [5.41, 5.74) is 8.61. The number of anilines is 1. The van der Waals surface area contributed by atoms with Crippen molar-refractivity contribution in [1.29, 1.82) is 0 Å². The topological polar surface area (TPSA) is 88.5 Å². The molecule has 23 heavy (non-hydrogen) atoms. The average Bonchev–Trinajstić information content (AvgIpc) is 3.03. The van der Waals surface area contributed by atoms with Gasteiger partial charge in [0, 0.05) is 17.8 Å². The number of carbonyl (C=O) groups excluding carboxylic acids is 1. The Bertz CT molecular complexity index is 725. The molecule has 0 spiro atoms. The standard InChI is InChI=1S/C16H17N5O2/c1-10-8-11(2)18-16(17-10)20-19-15(22)14-9-13(21-23-14)12-6-4-3-5-7-12/h3-8,14H,9H2,1-2H3,(H,19,22)(H,17,18,20). The lowest BCUT2D eigenvalue weighted by Gasteiger charge is -2.11. The number of carbonyl (C=O) groups is 1. The van der Waals surface area contributed by atoms with Crippen molar-refractivity contribution in [1.82, 2.24) is 15.4 Å². The minimum absolute atomic E-state index is 0.317. The minimum Gasteiger partial charge on any atom is -0.382 e. The third-order valence-corrected chi connectivity index (χ3v) is 3.35. The number of nitrogens with zero attached hydrogens (tertiary/aromatic N) is 3. The van der Waals surface area contributed by atoms with Gasteiger partial charge in [0.25, 0.3) is 5.91 Å². The van der Waals surface area contributed by atoms with Crippen LogP contribution in [-0.2, 0) is 9.63 Å². The second-order valence-electron chi connectivity index (χ2n) is 5.29. The Morgan fingerprint density at radius 2 is 1.87 bits per heavy atom.